The predicted molar refractivity (Wildman–Crippen MR) is 147 cm³/mol. The Hall–Kier alpha value is -5.18. The van der Waals surface area contributed by atoms with Crippen molar-refractivity contribution >= 4 is 40.3 Å². The molecule has 1 atom stereocenters. The third-order valence-electron chi connectivity index (χ3n) is 5.96. The fourth-order valence-corrected chi connectivity index (χ4v) is 3.97. The van der Waals surface area contributed by atoms with Crippen LogP contribution in [0.3, 0.4) is 0 Å². The summed E-state index contributed by atoms with van der Waals surface area (Å²) in [5.41, 5.74) is 2.10. The van der Waals surface area contributed by atoms with E-state index in [-0.39, 0.29) is 43.5 Å². The van der Waals surface area contributed by atoms with E-state index in [1.165, 1.54) is 12.1 Å². The molecule has 12 nitrogen and oxygen atoms in total. The maximum Gasteiger partial charge on any atom is 0.326 e. The number of carbonyl (C=O) groups excluding carboxylic acids is 2. The molecule has 1 aromatic heterocycles. The normalized spacial score (nSPS) is 11.3. The molecule has 2 aromatic carbocycles. The molecule has 0 bridgehead atoms. The Labute approximate surface area is 229 Å². The first-order chi connectivity index (χ1) is 19.1. The maximum absolute atomic E-state index is 12.7. The van der Waals surface area contributed by atoms with Gasteiger partial charge in [0.1, 0.15) is 11.9 Å². The van der Waals surface area contributed by atoms with Crippen molar-refractivity contribution in [1.29, 1.82) is 0 Å². The minimum atomic E-state index is -1.32. The molecule has 12 heteroatoms. The van der Waals surface area contributed by atoms with E-state index in [9.17, 15) is 29.1 Å². The third-order valence-corrected chi connectivity index (χ3v) is 5.96. The molecular weight excluding hydrogens is 518 g/mol. The molecule has 0 saturated carbocycles. The number of hydrogen-bond acceptors (Lipinski definition) is 7. The molecule has 40 heavy (non-hydrogen) atoms. The molecule has 5 N–H and O–H groups in total. The molecule has 1 heterocycles. The zero-order valence-electron chi connectivity index (χ0n) is 21.8. The summed E-state index contributed by atoms with van der Waals surface area (Å²) in [6.07, 6.45) is 4.95. The SMILES string of the molecule is C#CCN(Cc1ccc2nc(C)[nH]c(=O)c2c1)c1ccc(C(=O)N[C@@H](CCC(=O)NCCC(=O)O)C(=O)O)cc1. The van der Waals surface area contributed by atoms with Crippen molar-refractivity contribution in [2.24, 2.45) is 0 Å². The maximum atomic E-state index is 12.7. The Morgan fingerprint density at radius 2 is 1.82 bits per heavy atom. The average Bonchev–Trinajstić information content (AvgIpc) is 2.90. The van der Waals surface area contributed by atoms with Gasteiger partial charge in [-0.2, -0.15) is 0 Å². The van der Waals surface area contributed by atoms with E-state index in [4.69, 9.17) is 11.5 Å². The first-order valence-corrected chi connectivity index (χ1v) is 12.4. The third kappa shape index (κ3) is 8.16. The van der Waals surface area contributed by atoms with Gasteiger partial charge in [-0.05, 0) is 55.3 Å². The van der Waals surface area contributed by atoms with E-state index in [1.54, 1.807) is 31.2 Å². The van der Waals surface area contributed by atoms with Crippen LogP contribution in [-0.2, 0) is 20.9 Å². The highest BCUT2D eigenvalue weighted by atomic mass is 16.4. The van der Waals surface area contributed by atoms with E-state index in [0.717, 1.165) is 5.56 Å². The van der Waals surface area contributed by atoms with Gasteiger partial charge in [-0.25, -0.2) is 9.78 Å². The monoisotopic (exact) mass is 547 g/mol. The van der Waals surface area contributed by atoms with Crippen LogP contribution in [0, 0.1) is 19.3 Å². The van der Waals surface area contributed by atoms with Gasteiger partial charge in [-0.15, -0.1) is 6.42 Å². The quantitative estimate of drug-likeness (QED) is 0.198. The van der Waals surface area contributed by atoms with Crippen LogP contribution >= 0.6 is 0 Å². The van der Waals surface area contributed by atoms with Crippen molar-refractivity contribution in [2.75, 3.05) is 18.0 Å². The van der Waals surface area contributed by atoms with Crippen molar-refractivity contribution < 1.29 is 29.4 Å². The average molecular weight is 548 g/mol. The zero-order chi connectivity index (χ0) is 29.2. The minimum absolute atomic E-state index is 0.0721. The number of nitrogens with zero attached hydrogens (tertiary/aromatic N) is 2. The molecule has 0 aliphatic rings. The van der Waals surface area contributed by atoms with Gasteiger partial charge in [0.25, 0.3) is 11.5 Å². The summed E-state index contributed by atoms with van der Waals surface area (Å²) in [5.74, 6) is -0.392. The molecule has 208 valence electrons. The second-order valence-electron chi connectivity index (χ2n) is 9.01. The Morgan fingerprint density at radius 1 is 1.10 bits per heavy atom. The lowest BCUT2D eigenvalue weighted by Gasteiger charge is -2.23. The van der Waals surface area contributed by atoms with E-state index in [0.29, 0.717) is 29.0 Å². The largest absolute Gasteiger partial charge is 0.481 e. The van der Waals surface area contributed by atoms with Crippen molar-refractivity contribution in [3.8, 4) is 12.3 Å². The highest BCUT2D eigenvalue weighted by Crippen LogP contribution is 2.20. The van der Waals surface area contributed by atoms with Gasteiger partial charge < -0.3 is 30.7 Å². The van der Waals surface area contributed by atoms with E-state index in [1.807, 2.05) is 11.0 Å². The fourth-order valence-electron chi connectivity index (χ4n) is 3.97. The number of carbonyl (C=O) groups is 4. The number of aryl methyl sites for hydroxylation is 1. The topological polar surface area (TPSA) is 182 Å². The number of fused-ring (bicyclic) bond motifs is 1. The number of hydrogen-bond donors (Lipinski definition) is 5. The van der Waals surface area contributed by atoms with Crippen molar-refractivity contribution in [2.45, 2.75) is 38.8 Å². The Bertz CT molecular complexity index is 1510. The van der Waals surface area contributed by atoms with E-state index in [2.05, 4.69) is 26.5 Å². The van der Waals surface area contributed by atoms with Gasteiger partial charge >= 0.3 is 11.9 Å². The summed E-state index contributed by atoms with van der Waals surface area (Å²) in [6, 6.07) is 10.5. The highest BCUT2D eigenvalue weighted by molar-refractivity contribution is 5.97. The number of carboxylic acids is 2. The van der Waals surface area contributed by atoms with Gasteiger partial charge in [-0.3, -0.25) is 19.2 Å². The number of rotatable bonds is 13. The number of aromatic nitrogens is 2. The minimum Gasteiger partial charge on any atom is -0.481 e. The molecular formula is C28H29N5O7. The van der Waals surface area contributed by atoms with Gasteiger partial charge in [-0.1, -0.05) is 12.0 Å². The number of nitrogens with one attached hydrogen (secondary N) is 3. The highest BCUT2D eigenvalue weighted by Gasteiger charge is 2.22. The Kier molecular flexibility index (Phi) is 9.96. The van der Waals surface area contributed by atoms with Crippen LogP contribution in [0.25, 0.3) is 10.9 Å². The molecule has 0 aliphatic carbocycles. The number of amides is 2. The molecule has 0 radical (unpaired) electrons. The van der Waals surface area contributed by atoms with Crippen molar-refractivity contribution in [3.05, 3.63) is 69.8 Å². The second-order valence-corrected chi connectivity index (χ2v) is 9.01. The molecule has 0 saturated heterocycles. The number of aliphatic carboxylic acids is 2. The summed E-state index contributed by atoms with van der Waals surface area (Å²) >= 11 is 0. The van der Waals surface area contributed by atoms with E-state index >= 15 is 0 Å². The fraction of sp³-hybridized carbons (Fsp3) is 0.286. The standard InChI is InChI=1S/C28H29N5O7/c1-3-14-33(16-18-4-9-22-21(15-18)27(38)31-17(2)30-22)20-7-5-19(6-8-20)26(37)32-23(28(39)40)10-11-24(34)29-13-12-25(35)36/h1,4-9,15,23H,10-14,16H2,2H3,(H,29,34)(H,32,37)(H,35,36)(H,39,40)(H,30,31,38)/t23-/m0/s1. The second kappa shape index (κ2) is 13.6. The number of anilines is 1. The molecule has 0 spiro atoms. The number of H-pyrrole nitrogens is 1. The van der Waals surface area contributed by atoms with E-state index < -0.39 is 29.8 Å². The van der Waals surface area contributed by atoms with Crippen LogP contribution < -0.4 is 21.1 Å². The summed E-state index contributed by atoms with van der Waals surface area (Å²) in [4.78, 5) is 67.9. The molecule has 0 aliphatic heterocycles. The Balaban J connectivity index is 1.66. The lowest BCUT2D eigenvalue weighted by Crippen LogP contribution is -2.41. The predicted octanol–water partition coefficient (Wildman–Crippen LogP) is 1.43. The first-order valence-electron chi connectivity index (χ1n) is 12.4. The smallest absolute Gasteiger partial charge is 0.326 e. The summed E-state index contributed by atoms with van der Waals surface area (Å²) in [5, 5.41) is 23.3. The summed E-state index contributed by atoms with van der Waals surface area (Å²) < 4.78 is 0. The van der Waals surface area contributed by atoms with Crippen LogP contribution in [0.1, 0.15) is 41.0 Å². The molecule has 0 fully saturated rings. The first kappa shape index (κ1) is 29.4. The van der Waals surface area contributed by atoms with Crippen LogP contribution in [0.15, 0.2) is 47.3 Å². The number of carboxylic acid groups (broad SMARTS) is 2. The van der Waals surface area contributed by atoms with Crippen LogP contribution in [0.2, 0.25) is 0 Å². The lowest BCUT2D eigenvalue weighted by atomic mass is 10.1. The van der Waals surface area contributed by atoms with Crippen LogP contribution in [0.4, 0.5) is 5.69 Å². The molecule has 3 aromatic rings. The molecule has 2 amide bonds. The Morgan fingerprint density at radius 3 is 2.48 bits per heavy atom. The summed E-state index contributed by atoms with van der Waals surface area (Å²) in [6.45, 7) is 2.27. The van der Waals surface area contributed by atoms with Gasteiger partial charge in [0.2, 0.25) is 5.91 Å². The molecule has 3 rings (SSSR count). The lowest BCUT2D eigenvalue weighted by molar-refractivity contribution is -0.139. The number of terminal acetylenes is 1. The van der Waals surface area contributed by atoms with Crippen molar-refractivity contribution in [3.63, 3.8) is 0 Å². The summed E-state index contributed by atoms with van der Waals surface area (Å²) in [7, 11) is 0. The number of benzene rings is 2. The van der Waals surface area contributed by atoms with Gasteiger partial charge in [0.15, 0.2) is 0 Å². The van der Waals surface area contributed by atoms with Gasteiger partial charge in [0, 0.05) is 30.8 Å². The van der Waals surface area contributed by atoms with Crippen LogP contribution in [-0.4, -0.2) is 63.1 Å². The van der Waals surface area contributed by atoms with Crippen LogP contribution in [0.5, 0.6) is 0 Å². The zero-order valence-corrected chi connectivity index (χ0v) is 21.8. The van der Waals surface area contributed by atoms with Gasteiger partial charge in [0.05, 0.1) is 23.9 Å². The molecule has 0 unspecified atom stereocenters. The van der Waals surface area contributed by atoms with Crippen molar-refractivity contribution in [1.82, 2.24) is 20.6 Å². The number of aromatic amines is 1.